The first-order chi connectivity index (χ1) is 17.9. The second-order valence-electron chi connectivity index (χ2n) is 9.37. The van der Waals surface area contributed by atoms with Gasteiger partial charge in [0.05, 0.1) is 11.7 Å². The lowest BCUT2D eigenvalue weighted by Gasteiger charge is -2.27. The molecular weight excluding hydrogens is 486 g/mol. The highest BCUT2D eigenvalue weighted by molar-refractivity contribution is 6.30. The molecule has 1 aliphatic carbocycles. The van der Waals surface area contributed by atoms with Crippen LogP contribution >= 0.6 is 11.6 Å². The van der Waals surface area contributed by atoms with Crippen molar-refractivity contribution < 1.29 is 19.7 Å². The summed E-state index contributed by atoms with van der Waals surface area (Å²) in [5, 5.41) is 24.0. The summed E-state index contributed by atoms with van der Waals surface area (Å²) in [5.41, 5.74) is 5.79. The molecule has 0 unspecified atom stereocenters. The second kappa shape index (κ2) is 11.2. The monoisotopic (exact) mass is 513 g/mol. The first-order valence-electron chi connectivity index (χ1n) is 12.3. The summed E-state index contributed by atoms with van der Waals surface area (Å²) < 4.78 is 5.95. The molecule has 0 saturated carbocycles. The number of hydrogen-bond donors (Lipinski definition) is 3. The molecule has 0 spiro atoms. The van der Waals surface area contributed by atoms with Gasteiger partial charge in [0.25, 0.3) is 0 Å². The number of carbonyl (C=O) groups is 1. The van der Waals surface area contributed by atoms with Crippen molar-refractivity contribution in [3.05, 3.63) is 118 Å². The van der Waals surface area contributed by atoms with Crippen molar-refractivity contribution in [2.45, 2.75) is 31.4 Å². The molecule has 0 aliphatic heterocycles. The largest absolute Gasteiger partial charge is 0.478 e. The van der Waals surface area contributed by atoms with E-state index in [4.69, 9.17) is 16.3 Å². The van der Waals surface area contributed by atoms with Crippen LogP contribution in [-0.2, 0) is 12.8 Å². The Morgan fingerprint density at radius 2 is 1.68 bits per heavy atom. The van der Waals surface area contributed by atoms with E-state index in [0.717, 1.165) is 36.0 Å². The number of carboxylic acid groups (broad SMARTS) is 1. The van der Waals surface area contributed by atoms with Crippen LogP contribution in [0.2, 0.25) is 5.02 Å². The molecule has 1 aliphatic rings. The molecule has 4 aromatic carbocycles. The van der Waals surface area contributed by atoms with Crippen LogP contribution in [0, 0.1) is 0 Å². The lowest BCUT2D eigenvalue weighted by Crippen LogP contribution is -2.37. The molecule has 37 heavy (non-hydrogen) atoms. The van der Waals surface area contributed by atoms with E-state index in [9.17, 15) is 15.0 Å². The number of nitrogens with one attached hydrogen (secondary N) is 1. The number of carboxylic acids is 1. The molecule has 0 heterocycles. The van der Waals surface area contributed by atoms with Crippen LogP contribution in [0.15, 0.2) is 91.0 Å². The van der Waals surface area contributed by atoms with Crippen molar-refractivity contribution >= 4 is 17.6 Å². The number of hydrogen-bond acceptors (Lipinski definition) is 4. The van der Waals surface area contributed by atoms with Gasteiger partial charge in [0.1, 0.15) is 11.5 Å². The number of aliphatic hydroxyl groups is 1. The predicted octanol–water partition coefficient (Wildman–Crippen LogP) is 6.68. The van der Waals surface area contributed by atoms with Gasteiger partial charge < -0.3 is 20.3 Å². The van der Waals surface area contributed by atoms with E-state index in [1.165, 1.54) is 17.2 Å². The molecule has 188 valence electrons. The quantitative estimate of drug-likeness (QED) is 0.245. The SMILES string of the molecule is O=C(O)c1cccc(Oc2cccc(-c3ccc4c(c3)C[C@@H](NC[C@@H](O)c3cccc(Cl)c3)CC4)c2)c1. The number of rotatable bonds is 8. The Morgan fingerprint density at radius 1 is 0.919 bits per heavy atom. The van der Waals surface area contributed by atoms with E-state index >= 15 is 0 Å². The van der Waals surface area contributed by atoms with Crippen molar-refractivity contribution in [1.82, 2.24) is 5.32 Å². The Kier molecular flexibility index (Phi) is 7.56. The first kappa shape index (κ1) is 25.0. The van der Waals surface area contributed by atoms with E-state index in [1.54, 1.807) is 30.3 Å². The maximum atomic E-state index is 11.3. The van der Waals surface area contributed by atoms with Crippen LogP contribution < -0.4 is 10.1 Å². The Morgan fingerprint density at radius 3 is 2.49 bits per heavy atom. The fourth-order valence-electron chi connectivity index (χ4n) is 4.79. The van der Waals surface area contributed by atoms with Crippen LogP contribution in [0.4, 0.5) is 0 Å². The predicted molar refractivity (Wildman–Crippen MR) is 146 cm³/mol. The van der Waals surface area contributed by atoms with Gasteiger partial charge in [-0.25, -0.2) is 4.79 Å². The van der Waals surface area contributed by atoms with E-state index < -0.39 is 12.1 Å². The molecule has 5 nitrogen and oxygen atoms in total. The molecule has 2 atom stereocenters. The van der Waals surface area contributed by atoms with Crippen molar-refractivity contribution in [3.63, 3.8) is 0 Å². The third-order valence-electron chi connectivity index (χ3n) is 6.75. The summed E-state index contributed by atoms with van der Waals surface area (Å²) in [4.78, 5) is 11.3. The summed E-state index contributed by atoms with van der Waals surface area (Å²) in [7, 11) is 0. The van der Waals surface area contributed by atoms with Gasteiger partial charge in [-0.15, -0.1) is 0 Å². The van der Waals surface area contributed by atoms with Gasteiger partial charge in [-0.05, 0) is 89.5 Å². The van der Waals surface area contributed by atoms with Gasteiger partial charge >= 0.3 is 5.97 Å². The molecule has 5 rings (SSSR count). The highest BCUT2D eigenvalue weighted by atomic mass is 35.5. The minimum atomic E-state index is -0.986. The third kappa shape index (κ3) is 6.20. The van der Waals surface area contributed by atoms with Gasteiger partial charge in [-0.3, -0.25) is 0 Å². The van der Waals surface area contributed by atoms with Crippen LogP contribution in [-0.4, -0.2) is 28.8 Å². The summed E-state index contributed by atoms with van der Waals surface area (Å²) in [6.45, 7) is 0.475. The van der Waals surface area contributed by atoms with Crippen LogP contribution in [0.25, 0.3) is 11.1 Å². The molecule has 6 heteroatoms. The van der Waals surface area contributed by atoms with Crippen LogP contribution in [0.5, 0.6) is 11.5 Å². The van der Waals surface area contributed by atoms with Gasteiger partial charge in [0, 0.05) is 17.6 Å². The normalized spacial score (nSPS) is 15.6. The molecule has 0 amide bonds. The molecule has 4 aromatic rings. The fraction of sp³-hybridized carbons (Fsp3) is 0.194. The maximum Gasteiger partial charge on any atom is 0.335 e. The Hall–Kier alpha value is -3.64. The van der Waals surface area contributed by atoms with E-state index in [-0.39, 0.29) is 11.6 Å². The number of aromatic carboxylic acids is 1. The minimum absolute atomic E-state index is 0.187. The Balaban J connectivity index is 1.27. The number of aliphatic hydroxyl groups excluding tert-OH is 1. The van der Waals surface area contributed by atoms with Crippen molar-refractivity contribution in [2.24, 2.45) is 0 Å². The Bertz CT molecular complexity index is 1420. The molecular formula is C31H28ClNO4. The zero-order valence-corrected chi connectivity index (χ0v) is 21.0. The summed E-state index contributed by atoms with van der Waals surface area (Å²) >= 11 is 6.07. The standard InChI is InChI=1S/C31H28ClNO4/c32-26-7-1-5-23(15-26)30(34)19-33-27-13-12-20-10-11-22(14-25(20)16-27)21-4-2-8-28(17-21)37-29-9-3-6-24(18-29)31(35)36/h1-11,14-15,17-18,27,30,33-34H,12-13,16,19H2,(H,35,36)/t27-,30+/m0/s1. The van der Waals surface area contributed by atoms with Crippen LogP contribution in [0.3, 0.4) is 0 Å². The molecule has 0 fully saturated rings. The lowest BCUT2D eigenvalue weighted by molar-refractivity contribution is 0.0696. The first-order valence-corrected chi connectivity index (χ1v) is 12.7. The highest BCUT2D eigenvalue weighted by Gasteiger charge is 2.20. The molecule has 0 bridgehead atoms. The Labute approximate surface area is 221 Å². The van der Waals surface area contributed by atoms with E-state index in [2.05, 4.69) is 23.5 Å². The van der Waals surface area contributed by atoms with Crippen molar-refractivity contribution in [3.8, 4) is 22.6 Å². The number of benzene rings is 4. The van der Waals surface area contributed by atoms with Gasteiger partial charge in [-0.2, -0.15) is 0 Å². The second-order valence-corrected chi connectivity index (χ2v) is 9.80. The van der Waals surface area contributed by atoms with Crippen molar-refractivity contribution in [2.75, 3.05) is 6.54 Å². The maximum absolute atomic E-state index is 11.3. The summed E-state index contributed by atoms with van der Waals surface area (Å²) in [6.07, 6.45) is 2.30. The highest BCUT2D eigenvalue weighted by Crippen LogP contribution is 2.31. The van der Waals surface area contributed by atoms with E-state index in [1.807, 2.05) is 36.4 Å². The van der Waals surface area contributed by atoms with Gasteiger partial charge in [-0.1, -0.05) is 60.1 Å². The third-order valence-corrected chi connectivity index (χ3v) is 6.99. The number of ether oxygens (including phenoxy) is 1. The molecule has 0 saturated heterocycles. The van der Waals surface area contributed by atoms with Crippen molar-refractivity contribution in [1.29, 1.82) is 0 Å². The topological polar surface area (TPSA) is 78.8 Å². The fourth-order valence-corrected chi connectivity index (χ4v) is 4.99. The van der Waals surface area contributed by atoms with E-state index in [0.29, 0.717) is 23.1 Å². The number of halogens is 1. The summed E-state index contributed by atoms with van der Waals surface area (Å²) in [6, 6.07) is 28.5. The lowest BCUT2D eigenvalue weighted by atomic mass is 9.86. The van der Waals surface area contributed by atoms with Crippen LogP contribution in [0.1, 0.15) is 39.6 Å². The average molecular weight is 514 g/mol. The number of aryl methyl sites for hydroxylation is 1. The average Bonchev–Trinajstić information content (AvgIpc) is 2.91. The summed E-state index contributed by atoms with van der Waals surface area (Å²) in [5.74, 6) is 0.142. The molecule has 3 N–H and O–H groups in total. The number of fused-ring (bicyclic) bond motifs is 1. The zero-order valence-electron chi connectivity index (χ0n) is 20.2. The van der Waals surface area contributed by atoms with Gasteiger partial charge in [0.2, 0.25) is 0 Å². The van der Waals surface area contributed by atoms with Gasteiger partial charge in [0.15, 0.2) is 0 Å². The smallest absolute Gasteiger partial charge is 0.335 e. The minimum Gasteiger partial charge on any atom is -0.478 e. The molecule has 0 aromatic heterocycles. The molecule has 0 radical (unpaired) electrons. The zero-order chi connectivity index (χ0) is 25.8.